The maximum Gasteiger partial charge on any atom is 0.337 e. The molecule has 1 amide bonds. The first kappa shape index (κ1) is 18.8. The van der Waals surface area contributed by atoms with Gasteiger partial charge >= 0.3 is 5.97 Å². The Hall–Kier alpha value is -2.21. The molecule has 0 aliphatic carbocycles. The summed E-state index contributed by atoms with van der Waals surface area (Å²) in [5, 5.41) is 8.34. The molecule has 126 valence electrons. The molecule has 0 aliphatic heterocycles. The van der Waals surface area contributed by atoms with Gasteiger partial charge in [-0.3, -0.25) is 14.8 Å². The summed E-state index contributed by atoms with van der Waals surface area (Å²) in [7, 11) is 1.33. The van der Waals surface area contributed by atoms with Gasteiger partial charge in [0, 0.05) is 19.3 Å². The van der Waals surface area contributed by atoms with Gasteiger partial charge in [-0.1, -0.05) is 25.0 Å². The van der Waals surface area contributed by atoms with Crippen LogP contribution in [0.3, 0.4) is 0 Å². The van der Waals surface area contributed by atoms with Crippen molar-refractivity contribution in [2.24, 2.45) is 0 Å². The number of carbonyl (C=O) groups is 3. The van der Waals surface area contributed by atoms with Crippen molar-refractivity contribution >= 4 is 17.7 Å². The van der Waals surface area contributed by atoms with Crippen LogP contribution in [0.15, 0.2) is 24.3 Å². The van der Waals surface area contributed by atoms with Gasteiger partial charge in [-0.25, -0.2) is 10.3 Å². The molecule has 0 aliphatic rings. The average Bonchev–Trinajstić information content (AvgIpc) is 2.57. The van der Waals surface area contributed by atoms with E-state index >= 15 is 0 Å². The van der Waals surface area contributed by atoms with E-state index in [0.717, 1.165) is 24.8 Å². The number of methoxy groups -OCH3 is 1. The van der Waals surface area contributed by atoms with Crippen LogP contribution in [0.1, 0.15) is 54.4 Å². The molecule has 0 radical (unpaired) electrons. The predicted octanol–water partition coefficient (Wildman–Crippen LogP) is 2.43. The molecule has 6 heteroatoms. The Bertz CT molecular complexity index is 524. The molecule has 2 N–H and O–H groups in total. The van der Waals surface area contributed by atoms with Crippen molar-refractivity contribution < 1.29 is 24.3 Å². The summed E-state index contributed by atoms with van der Waals surface area (Å²) in [5.41, 5.74) is 2.94. The lowest BCUT2D eigenvalue weighted by Crippen LogP contribution is -2.17. The average molecular weight is 321 g/mol. The summed E-state index contributed by atoms with van der Waals surface area (Å²) in [6.45, 7) is 0. The zero-order valence-electron chi connectivity index (χ0n) is 13.3. The molecular formula is C17H23NO5. The fourth-order valence-corrected chi connectivity index (χ4v) is 2.21. The molecule has 23 heavy (non-hydrogen) atoms. The number of rotatable bonds is 10. The zero-order chi connectivity index (χ0) is 17.1. The van der Waals surface area contributed by atoms with E-state index in [1.165, 1.54) is 7.11 Å². The first-order valence-corrected chi connectivity index (χ1v) is 7.68. The van der Waals surface area contributed by atoms with E-state index in [0.29, 0.717) is 31.2 Å². The lowest BCUT2D eigenvalue weighted by molar-refractivity contribution is -0.129. The predicted molar refractivity (Wildman–Crippen MR) is 84.1 cm³/mol. The van der Waals surface area contributed by atoms with Crippen LogP contribution < -0.4 is 5.48 Å². The molecule has 0 saturated carbocycles. The van der Waals surface area contributed by atoms with E-state index in [9.17, 15) is 14.4 Å². The minimum atomic E-state index is -0.391. The number of Topliss-reactive ketones (excluding diaryl/α,β-unsaturated/α-hetero) is 1. The van der Waals surface area contributed by atoms with Crippen molar-refractivity contribution in [3.63, 3.8) is 0 Å². The third-order valence-corrected chi connectivity index (χ3v) is 3.51. The molecule has 0 aromatic heterocycles. The van der Waals surface area contributed by atoms with E-state index in [-0.39, 0.29) is 11.7 Å². The Morgan fingerprint density at radius 3 is 2.17 bits per heavy atom. The van der Waals surface area contributed by atoms with E-state index < -0.39 is 5.97 Å². The van der Waals surface area contributed by atoms with Crippen molar-refractivity contribution in [2.75, 3.05) is 7.11 Å². The normalized spacial score (nSPS) is 10.2. The quantitative estimate of drug-likeness (QED) is 0.299. The van der Waals surface area contributed by atoms with E-state index in [1.54, 1.807) is 29.7 Å². The summed E-state index contributed by atoms with van der Waals surface area (Å²) in [4.78, 5) is 34.0. The van der Waals surface area contributed by atoms with Crippen molar-refractivity contribution in [1.29, 1.82) is 0 Å². The van der Waals surface area contributed by atoms with Crippen LogP contribution in [0.2, 0.25) is 0 Å². The van der Waals surface area contributed by atoms with Crippen LogP contribution in [0.5, 0.6) is 0 Å². The van der Waals surface area contributed by atoms with Crippen LogP contribution in [-0.2, 0) is 20.7 Å². The standard InChI is InChI=1S/C17H23NO5/c1-23-17(21)14-10-8-13(9-11-14)12-15(19)6-4-2-3-5-7-16(20)18-22/h8-11,22H,2-7,12H2,1H3,(H,18,20). The first-order valence-electron chi connectivity index (χ1n) is 7.68. The minimum absolute atomic E-state index is 0.156. The molecule has 0 bridgehead atoms. The second-order valence-electron chi connectivity index (χ2n) is 5.35. The van der Waals surface area contributed by atoms with Crippen molar-refractivity contribution in [3.8, 4) is 0 Å². The number of nitrogens with one attached hydrogen (secondary N) is 1. The van der Waals surface area contributed by atoms with Crippen LogP contribution in [-0.4, -0.2) is 30.0 Å². The van der Waals surface area contributed by atoms with Gasteiger partial charge in [-0.15, -0.1) is 0 Å². The first-order chi connectivity index (χ1) is 11.1. The minimum Gasteiger partial charge on any atom is -0.465 e. The highest BCUT2D eigenvalue weighted by molar-refractivity contribution is 5.89. The van der Waals surface area contributed by atoms with Gasteiger partial charge in [0.25, 0.3) is 0 Å². The molecule has 0 spiro atoms. The van der Waals surface area contributed by atoms with E-state index in [2.05, 4.69) is 4.74 Å². The molecule has 0 unspecified atom stereocenters. The van der Waals surface area contributed by atoms with Gasteiger partial charge in [-0.2, -0.15) is 0 Å². The fourth-order valence-electron chi connectivity index (χ4n) is 2.21. The summed E-state index contributed by atoms with van der Waals surface area (Å²) in [6.07, 6.45) is 4.39. The van der Waals surface area contributed by atoms with Crippen LogP contribution >= 0.6 is 0 Å². The Kier molecular flexibility index (Phi) is 8.60. The summed E-state index contributed by atoms with van der Waals surface area (Å²) < 4.78 is 4.62. The van der Waals surface area contributed by atoms with Crippen LogP contribution in [0, 0.1) is 0 Å². The highest BCUT2D eigenvalue weighted by Crippen LogP contribution is 2.10. The van der Waals surface area contributed by atoms with Gasteiger partial charge in [0.2, 0.25) is 5.91 Å². The monoisotopic (exact) mass is 321 g/mol. The molecule has 0 heterocycles. The smallest absolute Gasteiger partial charge is 0.337 e. The van der Waals surface area contributed by atoms with E-state index in [4.69, 9.17) is 5.21 Å². The second kappa shape index (κ2) is 10.5. The summed E-state index contributed by atoms with van der Waals surface area (Å²) in [5.74, 6) is -0.613. The molecule has 0 fully saturated rings. The Morgan fingerprint density at radius 2 is 1.61 bits per heavy atom. The highest BCUT2D eigenvalue weighted by atomic mass is 16.5. The van der Waals surface area contributed by atoms with Gasteiger partial charge in [-0.05, 0) is 30.5 Å². The third kappa shape index (κ3) is 7.56. The maximum atomic E-state index is 11.9. The number of ketones is 1. The maximum absolute atomic E-state index is 11.9. The number of benzene rings is 1. The van der Waals surface area contributed by atoms with E-state index in [1.807, 2.05) is 0 Å². The van der Waals surface area contributed by atoms with Crippen LogP contribution in [0.4, 0.5) is 0 Å². The molecular weight excluding hydrogens is 298 g/mol. The van der Waals surface area contributed by atoms with Gasteiger partial charge in [0.05, 0.1) is 12.7 Å². The number of hydroxylamine groups is 1. The third-order valence-electron chi connectivity index (χ3n) is 3.51. The molecule has 1 aromatic carbocycles. The largest absolute Gasteiger partial charge is 0.465 e. The topological polar surface area (TPSA) is 92.7 Å². The number of hydrogen-bond donors (Lipinski definition) is 2. The van der Waals surface area contributed by atoms with Crippen molar-refractivity contribution in [3.05, 3.63) is 35.4 Å². The van der Waals surface area contributed by atoms with Gasteiger partial charge in [0.15, 0.2) is 0 Å². The second-order valence-corrected chi connectivity index (χ2v) is 5.35. The molecule has 0 atom stereocenters. The number of amides is 1. The number of ether oxygens (including phenoxy) is 1. The lowest BCUT2D eigenvalue weighted by atomic mass is 10.0. The fraction of sp³-hybridized carbons (Fsp3) is 0.471. The molecule has 1 rings (SSSR count). The van der Waals surface area contributed by atoms with Crippen LogP contribution in [0.25, 0.3) is 0 Å². The lowest BCUT2D eigenvalue weighted by Gasteiger charge is -2.04. The number of unbranched alkanes of at least 4 members (excludes halogenated alkanes) is 3. The highest BCUT2D eigenvalue weighted by Gasteiger charge is 2.07. The number of esters is 1. The Morgan fingerprint density at radius 1 is 1.00 bits per heavy atom. The number of carbonyl (C=O) groups excluding carboxylic acids is 3. The van der Waals surface area contributed by atoms with Gasteiger partial charge in [0.1, 0.15) is 5.78 Å². The summed E-state index contributed by atoms with van der Waals surface area (Å²) in [6, 6.07) is 6.83. The Balaban J connectivity index is 2.21. The molecule has 0 saturated heterocycles. The van der Waals surface area contributed by atoms with Gasteiger partial charge < -0.3 is 4.74 Å². The number of hydrogen-bond acceptors (Lipinski definition) is 5. The van der Waals surface area contributed by atoms with Crippen molar-refractivity contribution in [2.45, 2.75) is 44.9 Å². The van der Waals surface area contributed by atoms with Crippen molar-refractivity contribution in [1.82, 2.24) is 5.48 Å². The SMILES string of the molecule is COC(=O)c1ccc(CC(=O)CCCCCCC(=O)NO)cc1. The molecule has 1 aromatic rings. The zero-order valence-corrected chi connectivity index (χ0v) is 13.3. The molecule has 6 nitrogen and oxygen atoms in total. The summed E-state index contributed by atoms with van der Waals surface area (Å²) >= 11 is 0. The Labute approximate surface area is 135 Å².